The average Bonchev–Trinajstić information content (AvgIpc) is 3.91. The van der Waals surface area contributed by atoms with E-state index in [4.69, 9.17) is 18.9 Å². The maximum Gasteiger partial charge on any atom is 0.342 e. The third kappa shape index (κ3) is 10.5. The van der Waals surface area contributed by atoms with Crippen LogP contribution in [0.25, 0.3) is 0 Å². The van der Waals surface area contributed by atoms with E-state index in [0.717, 1.165) is 43.6 Å². The number of benzene rings is 2. The monoisotopic (exact) mass is 800 g/mol. The smallest absolute Gasteiger partial charge is 0.342 e. The summed E-state index contributed by atoms with van der Waals surface area (Å²) in [7, 11) is 0. The summed E-state index contributed by atoms with van der Waals surface area (Å²) < 4.78 is 21.3. The molecule has 0 aliphatic rings. The first kappa shape index (κ1) is 40.5. The number of ether oxygens (including phenoxy) is 4. The molecule has 0 radical (unpaired) electrons. The molecular weight excluding hydrogens is 761 g/mol. The van der Waals surface area contributed by atoms with E-state index in [-0.39, 0.29) is 58.7 Å². The second kappa shape index (κ2) is 20.2. The number of aliphatic imine (C=N–C) groups is 2. The predicted octanol–water partition coefficient (Wildman–Crippen LogP) is 9.30. The molecule has 0 saturated heterocycles. The summed E-state index contributed by atoms with van der Waals surface area (Å²) >= 11 is 3.65. The quantitative estimate of drug-likeness (QED) is 0.0498. The van der Waals surface area contributed by atoms with Crippen LogP contribution in [0.15, 0.2) is 82.8 Å². The molecule has 12 nitrogen and oxygen atoms in total. The summed E-state index contributed by atoms with van der Waals surface area (Å²) in [5.41, 5.74) is 2.15. The molecule has 2 N–H and O–H groups in total. The maximum absolute atomic E-state index is 13.2. The standard InChI is InChI=1S/C40H40N4O8S3/c1-5-49-37(45)29-31(39(47)51-7-3)35(54-33(29)41-21-25-15-11-9-12-16-25)43-23-27-19-20-28(53-27)24-44-36-32(40(48)52-8-4)30(38(46)50-6-2)34(55-36)42-22-26-17-13-10-14-18-26/h9-20,23-24,41-42H,5-8,21-22H2,1-4H3. The van der Waals surface area contributed by atoms with E-state index >= 15 is 0 Å². The average molecular weight is 801 g/mol. The molecule has 0 saturated carbocycles. The minimum absolute atomic E-state index is 0.0220. The lowest BCUT2D eigenvalue weighted by Crippen LogP contribution is -2.14. The molecule has 3 heterocycles. The Morgan fingerprint density at radius 2 is 0.855 bits per heavy atom. The van der Waals surface area contributed by atoms with Gasteiger partial charge in [0, 0.05) is 35.3 Å². The molecule has 15 heteroatoms. The van der Waals surface area contributed by atoms with E-state index in [9.17, 15) is 19.2 Å². The molecule has 0 spiro atoms. The van der Waals surface area contributed by atoms with Crippen LogP contribution in [0, 0.1) is 0 Å². The lowest BCUT2D eigenvalue weighted by molar-refractivity contribution is 0.0481. The normalized spacial score (nSPS) is 11.1. The number of hydrogen-bond acceptors (Lipinski definition) is 15. The van der Waals surface area contributed by atoms with Gasteiger partial charge in [-0.05, 0) is 51.0 Å². The number of carbonyl (C=O) groups excluding carboxylic acids is 4. The van der Waals surface area contributed by atoms with Crippen LogP contribution < -0.4 is 10.6 Å². The van der Waals surface area contributed by atoms with Gasteiger partial charge in [0.05, 0.1) is 26.4 Å². The SMILES string of the molecule is CCOC(=O)c1c(N=Cc2ccc(C=Nc3sc(NCc4ccccc4)c(C(=O)OCC)c3C(=O)OCC)s2)sc(NCc2ccccc2)c1C(=O)OCC. The molecule has 0 aliphatic heterocycles. The molecule has 0 bridgehead atoms. The third-order valence-electron chi connectivity index (χ3n) is 7.55. The van der Waals surface area contributed by atoms with Gasteiger partial charge in [0.1, 0.15) is 42.3 Å². The van der Waals surface area contributed by atoms with Crippen molar-refractivity contribution in [3.8, 4) is 0 Å². The fourth-order valence-corrected chi connectivity index (χ4v) is 7.95. The van der Waals surface area contributed by atoms with Gasteiger partial charge in [0.2, 0.25) is 0 Å². The van der Waals surface area contributed by atoms with Gasteiger partial charge in [-0.15, -0.1) is 11.3 Å². The molecule has 0 aliphatic carbocycles. The van der Waals surface area contributed by atoms with Crippen molar-refractivity contribution in [2.75, 3.05) is 37.1 Å². The Hall–Kier alpha value is -5.64. The Morgan fingerprint density at radius 1 is 0.509 bits per heavy atom. The number of esters is 4. The van der Waals surface area contributed by atoms with Crippen LogP contribution in [0.3, 0.4) is 0 Å². The zero-order valence-electron chi connectivity index (χ0n) is 30.7. The Balaban J connectivity index is 1.46. The Kier molecular flexibility index (Phi) is 14.9. The maximum atomic E-state index is 13.2. The zero-order valence-corrected chi connectivity index (χ0v) is 33.2. The van der Waals surface area contributed by atoms with Crippen molar-refractivity contribution < 1.29 is 38.1 Å². The lowest BCUT2D eigenvalue weighted by Gasteiger charge is -2.09. The predicted molar refractivity (Wildman–Crippen MR) is 219 cm³/mol. The summed E-state index contributed by atoms with van der Waals surface area (Å²) in [6.07, 6.45) is 3.18. The second-order valence-electron chi connectivity index (χ2n) is 11.3. The first-order valence-electron chi connectivity index (χ1n) is 17.5. The highest BCUT2D eigenvalue weighted by atomic mass is 32.1. The van der Waals surface area contributed by atoms with Crippen LogP contribution >= 0.6 is 34.0 Å². The van der Waals surface area contributed by atoms with Gasteiger partial charge in [0.25, 0.3) is 0 Å². The largest absolute Gasteiger partial charge is 0.462 e. The molecule has 5 aromatic rings. The van der Waals surface area contributed by atoms with Crippen LogP contribution in [0.4, 0.5) is 20.0 Å². The van der Waals surface area contributed by atoms with Gasteiger partial charge in [-0.1, -0.05) is 83.3 Å². The van der Waals surface area contributed by atoms with Crippen molar-refractivity contribution >= 4 is 90.3 Å². The third-order valence-corrected chi connectivity index (χ3v) is 10.6. The van der Waals surface area contributed by atoms with Crippen LogP contribution in [-0.4, -0.2) is 62.7 Å². The Bertz CT molecular complexity index is 2010. The van der Waals surface area contributed by atoms with E-state index in [1.165, 1.54) is 11.3 Å². The lowest BCUT2D eigenvalue weighted by atomic mass is 10.1. The van der Waals surface area contributed by atoms with E-state index in [1.807, 2.05) is 72.8 Å². The van der Waals surface area contributed by atoms with Crippen LogP contribution in [0.5, 0.6) is 0 Å². The second-order valence-corrected chi connectivity index (χ2v) is 14.4. The van der Waals surface area contributed by atoms with Gasteiger partial charge in [0.15, 0.2) is 0 Å². The van der Waals surface area contributed by atoms with Crippen molar-refractivity contribution in [2.24, 2.45) is 9.98 Å². The molecule has 0 amide bonds. The molecule has 0 atom stereocenters. The Labute approximate surface area is 330 Å². The van der Waals surface area contributed by atoms with Crippen molar-refractivity contribution in [2.45, 2.75) is 40.8 Å². The van der Waals surface area contributed by atoms with Gasteiger partial charge >= 0.3 is 23.9 Å². The van der Waals surface area contributed by atoms with Crippen molar-refractivity contribution in [3.05, 3.63) is 116 Å². The number of anilines is 2. The molecule has 2 aromatic carbocycles. The summed E-state index contributed by atoms with van der Waals surface area (Å²) in [6.45, 7) is 8.02. The van der Waals surface area contributed by atoms with Gasteiger partial charge < -0.3 is 29.6 Å². The summed E-state index contributed by atoms with van der Waals surface area (Å²) in [5.74, 6) is -2.69. The summed E-state index contributed by atoms with van der Waals surface area (Å²) in [5, 5.41) is 7.97. The molecule has 5 rings (SSSR count). The molecular formula is C40H40N4O8S3. The molecule has 0 fully saturated rings. The van der Waals surface area contributed by atoms with Crippen LogP contribution in [0.2, 0.25) is 0 Å². The van der Waals surface area contributed by atoms with E-state index < -0.39 is 23.9 Å². The van der Waals surface area contributed by atoms with Crippen LogP contribution in [-0.2, 0) is 32.0 Å². The summed E-state index contributed by atoms with van der Waals surface area (Å²) in [6, 6.07) is 22.9. The molecule has 0 unspecified atom stereocenters. The van der Waals surface area contributed by atoms with Crippen molar-refractivity contribution in [1.82, 2.24) is 0 Å². The number of nitrogens with zero attached hydrogens (tertiary/aromatic N) is 2. The molecule has 3 aromatic heterocycles. The van der Waals surface area contributed by atoms with E-state index in [1.54, 1.807) is 40.1 Å². The molecule has 286 valence electrons. The number of carbonyl (C=O) groups is 4. The number of nitrogens with one attached hydrogen (secondary N) is 2. The minimum atomic E-state index is -0.686. The number of thiophene rings is 3. The highest BCUT2D eigenvalue weighted by Gasteiger charge is 2.32. The minimum Gasteiger partial charge on any atom is -0.462 e. The number of hydrogen-bond donors (Lipinski definition) is 2. The van der Waals surface area contributed by atoms with E-state index in [2.05, 4.69) is 20.6 Å². The highest BCUT2D eigenvalue weighted by Crippen LogP contribution is 2.42. The van der Waals surface area contributed by atoms with Gasteiger partial charge in [-0.2, -0.15) is 0 Å². The van der Waals surface area contributed by atoms with Crippen molar-refractivity contribution in [1.29, 1.82) is 0 Å². The zero-order chi connectivity index (χ0) is 39.2. The highest BCUT2D eigenvalue weighted by molar-refractivity contribution is 7.21. The fourth-order valence-electron chi connectivity index (χ4n) is 5.16. The van der Waals surface area contributed by atoms with Gasteiger partial charge in [-0.3, -0.25) is 0 Å². The first-order chi connectivity index (χ1) is 26.8. The van der Waals surface area contributed by atoms with Crippen LogP contribution in [0.1, 0.15) is 90.0 Å². The first-order valence-corrected chi connectivity index (χ1v) is 20.0. The van der Waals surface area contributed by atoms with E-state index in [0.29, 0.717) is 23.1 Å². The Morgan fingerprint density at radius 3 is 1.20 bits per heavy atom. The fraction of sp³-hybridized carbons (Fsp3) is 0.250. The topological polar surface area (TPSA) is 154 Å². The number of rotatable bonds is 18. The van der Waals surface area contributed by atoms with Crippen molar-refractivity contribution in [3.63, 3.8) is 0 Å². The van der Waals surface area contributed by atoms with Gasteiger partial charge in [-0.25, -0.2) is 29.2 Å². The molecule has 55 heavy (non-hydrogen) atoms. The summed E-state index contributed by atoms with van der Waals surface area (Å²) in [4.78, 5) is 63.6.